The van der Waals surface area contributed by atoms with Gasteiger partial charge in [-0.3, -0.25) is 9.69 Å². The lowest BCUT2D eigenvalue weighted by molar-refractivity contribution is -0.121. The van der Waals surface area contributed by atoms with Crippen LogP contribution >= 0.6 is 0 Å². The van der Waals surface area contributed by atoms with Gasteiger partial charge in [0.05, 0.1) is 6.42 Å². The number of hydrogen-bond donors (Lipinski definition) is 1. The average molecular weight is 262 g/mol. The minimum Gasteiger partial charge on any atom is -0.352 e. The third-order valence-corrected chi connectivity index (χ3v) is 3.96. The highest BCUT2D eigenvalue weighted by molar-refractivity contribution is 5.79. The smallest absolute Gasteiger partial charge is 0.224 e. The van der Waals surface area contributed by atoms with Gasteiger partial charge in [-0.05, 0) is 30.9 Å². The number of hydrogen-bond acceptors (Lipinski definition) is 2. The van der Waals surface area contributed by atoms with Crippen molar-refractivity contribution in [2.24, 2.45) is 0 Å². The first-order valence-corrected chi connectivity index (χ1v) is 6.99. The molecular weight excluding hydrogens is 243 g/mol. The highest BCUT2D eigenvalue weighted by atomic mass is 19.1. The predicted octanol–water partition coefficient (Wildman–Crippen LogP) is 1.72. The molecule has 1 aromatic carbocycles. The van der Waals surface area contributed by atoms with Gasteiger partial charge in [-0.25, -0.2) is 4.39 Å². The maximum absolute atomic E-state index is 13.5. The van der Waals surface area contributed by atoms with Crippen LogP contribution in [0.5, 0.6) is 0 Å². The van der Waals surface area contributed by atoms with Crippen LogP contribution in [0.2, 0.25) is 0 Å². The Balaban J connectivity index is 1.50. The molecule has 0 aromatic heterocycles. The molecule has 1 atom stereocenters. The van der Waals surface area contributed by atoms with Crippen LogP contribution in [0.3, 0.4) is 0 Å². The molecule has 2 fully saturated rings. The number of carbonyl (C=O) groups is 1. The number of nitrogens with zero attached hydrogens (tertiary/aromatic N) is 1. The first kappa shape index (κ1) is 12.6. The summed E-state index contributed by atoms with van der Waals surface area (Å²) in [6.45, 7) is 2.03. The van der Waals surface area contributed by atoms with Gasteiger partial charge in [-0.2, -0.15) is 0 Å². The summed E-state index contributed by atoms with van der Waals surface area (Å²) in [5, 5.41) is 3.02. The van der Waals surface area contributed by atoms with Crippen molar-refractivity contribution in [3.8, 4) is 0 Å². The van der Waals surface area contributed by atoms with E-state index >= 15 is 0 Å². The van der Waals surface area contributed by atoms with Crippen molar-refractivity contribution < 1.29 is 9.18 Å². The van der Waals surface area contributed by atoms with Gasteiger partial charge in [0, 0.05) is 25.2 Å². The molecule has 1 aromatic rings. The summed E-state index contributed by atoms with van der Waals surface area (Å²) in [5.41, 5.74) is 0.469. The van der Waals surface area contributed by atoms with Gasteiger partial charge in [0.25, 0.3) is 0 Å². The fourth-order valence-corrected chi connectivity index (χ4v) is 2.77. The van der Waals surface area contributed by atoms with Crippen molar-refractivity contribution >= 4 is 5.91 Å². The number of benzene rings is 1. The van der Waals surface area contributed by atoms with Crippen LogP contribution < -0.4 is 5.32 Å². The van der Waals surface area contributed by atoms with E-state index in [2.05, 4.69) is 10.2 Å². The van der Waals surface area contributed by atoms with Gasteiger partial charge in [0.1, 0.15) is 5.82 Å². The molecule has 1 heterocycles. The Morgan fingerprint density at radius 2 is 2.11 bits per heavy atom. The molecular formula is C15H19FN2O. The third kappa shape index (κ3) is 3.13. The maximum atomic E-state index is 13.5. The second-order valence-corrected chi connectivity index (χ2v) is 5.55. The molecule has 19 heavy (non-hydrogen) atoms. The number of rotatable bonds is 4. The molecule has 1 aliphatic heterocycles. The van der Waals surface area contributed by atoms with E-state index in [0.29, 0.717) is 5.56 Å². The van der Waals surface area contributed by atoms with Crippen molar-refractivity contribution in [1.82, 2.24) is 10.2 Å². The van der Waals surface area contributed by atoms with E-state index in [4.69, 9.17) is 0 Å². The van der Waals surface area contributed by atoms with Crippen molar-refractivity contribution in [2.45, 2.75) is 37.8 Å². The molecule has 1 aliphatic carbocycles. The summed E-state index contributed by atoms with van der Waals surface area (Å²) in [5.74, 6) is -0.378. The molecule has 2 aliphatic rings. The predicted molar refractivity (Wildman–Crippen MR) is 71.2 cm³/mol. The topological polar surface area (TPSA) is 32.3 Å². The molecule has 0 radical (unpaired) electrons. The van der Waals surface area contributed by atoms with E-state index in [0.717, 1.165) is 25.6 Å². The summed E-state index contributed by atoms with van der Waals surface area (Å²) in [7, 11) is 0. The summed E-state index contributed by atoms with van der Waals surface area (Å²) in [4.78, 5) is 14.4. The normalized spacial score (nSPS) is 23.5. The zero-order valence-corrected chi connectivity index (χ0v) is 10.9. The van der Waals surface area contributed by atoms with Crippen LogP contribution in [0.15, 0.2) is 24.3 Å². The molecule has 3 nitrogen and oxygen atoms in total. The van der Waals surface area contributed by atoms with E-state index in [1.807, 2.05) is 0 Å². The first-order valence-electron chi connectivity index (χ1n) is 6.99. The maximum Gasteiger partial charge on any atom is 0.224 e. The lowest BCUT2D eigenvalue weighted by atomic mass is 10.1. The van der Waals surface area contributed by atoms with Gasteiger partial charge in [-0.1, -0.05) is 18.2 Å². The summed E-state index contributed by atoms with van der Waals surface area (Å²) in [6, 6.07) is 7.46. The summed E-state index contributed by atoms with van der Waals surface area (Å²) < 4.78 is 13.5. The number of likely N-dealkylation sites (tertiary alicyclic amines) is 1. The molecule has 0 spiro atoms. The highest BCUT2D eigenvalue weighted by Crippen LogP contribution is 2.29. The van der Waals surface area contributed by atoms with Gasteiger partial charge in [0.2, 0.25) is 5.91 Å². The van der Waals surface area contributed by atoms with Gasteiger partial charge < -0.3 is 5.32 Å². The Morgan fingerprint density at radius 1 is 1.32 bits per heavy atom. The largest absolute Gasteiger partial charge is 0.352 e. The molecule has 0 unspecified atom stereocenters. The fourth-order valence-electron chi connectivity index (χ4n) is 2.77. The molecule has 3 rings (SSSR count). The SMILES string of the molecule is O=C(Cc1ccccc1F)N[C@H]1CCN(C2CC2)C1. The molecule has 1 amide bonds. The van der Waals surface area contributed by atoms with Crippen molar-refractivity contribution in [3.63, 3.8) is 0 Å². The Hall–Kier alpha value is -1.42. The quantitative estimate of drug-likeness (QED) is 0.896. The van der Waals surface area contributed by atoms with Crippen LogP contribution in [0.1, 0.15) is 24.8 Å². The van der Waals surface area contributed by atoms with Crippen molar-refractivity contribution in [2.75, 3.05) is 13.1 Å². The average Bonchev–Trinajstić information content (AvgIpc) is 3.14. The minimum atomic E-state index is -0.302. The fraction of sp³-hybridized carbons (Fsp3) is 0.533. The molecule has 1 N–H and O–H groups in total. The second kappa shape index (κ2) is 5.29. The zero-order valence-electron chi connectivity index (χ0n) is 10.9. The van der Waals surface area contributed by atoms with E-state index < -0.39 is 0 Å². The molecule has 4 heteroatoms. The van der Waals surface area contributed by atoms with Crippen LogP contribution in [0.4, 0.5) is 4.39 Å². The number of halogens is 1. The van der Waals surface area contributed by atoms with E-state index in [1.54, 1.807) is 18.2 Å². The summed E-state index contributed by atoms with van der Waals surface area (Å²) >= 11 is 0. The minimum absolute atomic E-state index is 0.0762. The molecule has 1 saturated heterocycles. The van der Waals surface area contributed by atoms with Crippen molar-refractivity contribution in [1.29, 1.82) is 0 Å². The second-order valence-electron chi connectivity index (χ2n) is 5.55. The summed E-state index contributed by atoms with van der Waals surface area (Å²) in [6.07, 6.45) is 3.75. The lowest BCUT2D eigenvalue weighted by Gasteiger charge is -2.15. The van der Waals surface area contributed by atoms with Crippen LogP contribution in [-0.2, 0) is 11.2 Å². The highest BCUT2D eigenvalue weighted by Gasteiger charge is 2.34. The lowest BCUT2D eigenvalue weighted by Crippen LogP contribution is -2.38. The third-order valence-electron chi connectivity index (χ3n) is 3.96. The molecule has 102 valence electrons. The molecule has 0 bridgehead atoms. The standard InChI is InChI=1S/C15H19FN2O/c16-14-4-2-1-3-11(14)9-15(19)17-12-7-8-18(10-12)13-5-6-13/h1-4,12-13H,5-10H2,(H,17,19)/t12-/m0/s1. The zero-order chi connectivity index (χ0) is 13.2. The van der Waals surface area contributed by atoms with Gasteiger partial charge in [-0.15, -0.1) is 0 Å². The van der Waals surface area contributed by atoms with E-state index in [-0.39, 0.29) is 24.2 Å². The monoisotopic (exact) mass is 262 g/mol. The van der Waals surface area contributed by atoms with E-state index in [1.165, 1.54) is 18.9 Å². The molecule has 1 saturated carbocycles. The van der Waals surface area contributed by atoms with Crippen LogP contribution in [0.25, 0.3) is 0 Å². The van der Waals surface area contributed by atoms with Crippen LogP contribution in [0, 0.1) is 5.82 Å². The first-order chi connectivity index (χ1) is 9.22. The van der Waals surface area contributed by atoms with Gasteiger partial charge >= 0.3 is 0 Å². The van der Waals surface area contributed by atoms with Crippen molar-refractivity contribution in [3.05, 3.63) is 35.6 Å². The number of amides is 1. The number of carbonyl (C=O) groups excluding carboxylic acids is 1. The van der Waals surface area contributed by atoms with E-state index in [9.17, 15) is 9.18 Å². The Bertz CT molecular complexity index is 473. The Kier molecular flexibility index (Phi) is 3.51. The van der Waals surface area contributed by atoms with Crippen LogP contribution in [-0.4, -0.2) is 36.0 Å². The Morgan fingerprint density at radius 3 is 2.84 bits per heavy atom. The number of nitrogens with one attached hydrogen (secondary N) is 1. The Labute approximate surface area is 112 Å². The van der Waals surface area contributed by atoms with Gasteiger partial charge in [0.15, 0.2) is 0 Å².